The molecule has 2 N–H and O–H groups in total. The smallest absolute Gasteiger partial charge is 0.247 e. The molecule has 1 heterocycles. The van der Waals surface area contributed by atoms with Gasteiger partial charge in [-0.25, -0.2) is 13.1 Å². The molecule has 6 nitrogen and oxygen atoms in total. The maximum Gasteiger partial charge on any atom is 0.247 e. The van der Waals surface area contributed by atoms with Crippen LogP contribution in [0, 0.1) is 5.92 Å². The molecule has 0 radical (unpaired) electrons. The molecule has 2 rings (SSSR count). The average Bonchev–Trinajstić information content (AvgIpc) is 2.53. The van der Waals surface area contributed by atoms with Crippen LogP contribution >= 0.6 is 12.4 Å². The van der Waals surface area contributed by atoms with Crippen molar-refractivity contribution in [2.45, 2.75) is 17.7 Å². The van der Waals surface area contributed by atoms with E-state index in [0.29, 0.717) is 12.5 Å². The van der Waals surface area contributed by atoms with E-state index >= 15 is 0 Å². The Bertz CT molecular complexity index is 552. The number of hydrogen-bond acceptors (Lipinski definition) is 5. The molecule has 22 heavy (non-hydrogen) atoms. The summed E-state index contributed by atoms with van der Waals surface area (Å²) in [4.78, 5) is 0.0544. The van der Waals surface area contributed by atoms with Gasteiger partial charge in [-0.2, -0.15) is 0 Å². The second-order valence-electron chi connectivity index (χ2n) is 5.06. The number of benzene rings is 1. The minimum Gasteiger partial charge on any atom is -0.495 e. The molecule has 1 aromatic carbocycles. The van der Waals surface area contributed by atoms with Gasteiger partial charge in [0.15, 0.2) is 4.90 Å². The van der Waals surface area contributed by atoms with Gasteiger partial charge in [0.1, 0.15) is 11.5 Å². The monoisotopic (exact) mass is 350 g/mol. The summed E-state index contributed by atoms with van der Waals surface area (Å²) < 4.78 is 38.1. The molecule has 1 atom stereocenters. The van der Waals surface area contributed by atoms with Crippen LogP contribution in [-0.2, 0) is 10.0 Å². The molecule has 0 spiro atoms. The Balaban J connectivity index is 0.00000242. The van der Waals surface area contributed by atoms with Gasteiger partial charge in [0.25, 0.3) is 0 Å². The Morgan fingerprint density at radius 2 is 1.91 bits per heavy atom. The topological polar surface area (TPSA) is 76.7 Å². The standard InChI is InChI=1S/C14H22N2O4S.ClH/c1-19-12-6-3-7-13(20-2)14(12)21(17,18)16-10-11-5-4-8-15-9-11;/h3,6-7,11,15-16H,4-5,8-10H2,1-2H3;1H. The van der Waals surface area contributed by atoms with Crippen LogP contribution in [0.1, 0.15) is 12.8 Å². The van der Waals surface area contributed by atoms with Crippen molar-refractivity contribution in [3.05, 3.63) is 18.2 Å². The Hall–Kier alpha value is -1.02. The lowest BCUT2D eigenvalue weighted by atomic mass is 10.0. The van der Waals surface area contributed by atoms with Crippen molar-refractivity contribution >= 4 is 22.4 Å². The number of piperidine rings is 1. The fourth-order valence-electron chi connectivity index (χ4n) is 2.48. The van der Waals surface area contributed by atoms with Crippen molar-refractivity contribution in [1.82, 2.24) is 10.0 Å². The zero-order chi connectivity index (χ0) is 15.3. The van der Waals surface area contributed by atoms with E-state index in [9.17, 15) is 8.42 Å². The first-order valence-corrected chi connectivity index (χ1v) is 8.48. The number of rotatable bonds is 6. The quantitative estimate of drug-likeness (QED) is 0.811. The minimum atomic E-state index is -3.67. The number of halogens is 1. The molecule has 8 heteroatoms. The SMILES string of the molecule is COc1cccc(OC)c1S(=O)(=O)NCC1CCCNC1.Cl. The van der Waals surface area contributed by atoms with Crippen LogP contribution in [0.2, 0.25) is 0 Å². The van der Waals surface area contributed by atoms with Crippen molar-refractivity contribution in [3.8, 4) is 11.5 Å². The lowest BCUT2D eigenvalue weighted by Crippen LogP contribution is -2.38. The molecule has 1 unspecified atom stereocenters. The third kappa shape index (κ3) is 4.49. The molecule has 0 bridgehead atoms. The van der Waals surface area contributed by atoms with Crippen molar-refractivity contribution in [3.63, 3.8) is 0 Å². The maximum atomic E-state index is 12.5. The van der Waals surface area contributed by atoms with Gasteiger partial charge in [0, 0.05) is 6.54 Å². The van der Waals surface area contributed by atoms with Gasteiger partial charge in [-0.3, -0.25) is 0 Å². The molecule has 1 aromatic rings. The molecule has 1 aliphatic rings. The molecular formula is C14H23ClN2O4S. The van der Waals surface area contributed by atoms with E-state index in [1.54, 1.807) is 18.2 Å². The highest BCUT2D eigenvalue weighted by Gasteiger charge is 2.25. The van der Waals surface area contributed by atoms with E-state index in [1.165, 1.54) is 14.2 Å². The molecule has 0 aromatic heterocycles. The molecule has 0 aliphatic carbocycles. The van der Waals surface area contributed by atoms with E-state index < -0.39 is 10.0 Å². The van der Waals surface area contributed by atoms with Gasteiger partial charge in [0.2, 0.25) is 10.0 Å². The third-order valence-corrected chi connectivity index (χ3v) is 5.10. The van der Waals surface area contributed by atoms with Crippen LogP contribution < -0.4 is 19.5 Å². The summed E-state index contributed by atoms with van der Waals surface area (Å²) in [7, 11) is -0.786. The van der Waals surface area contributed by atoms with Crippen molar-refractivity contribution < 1.29 is 17.9 Å². The van der Waals surface area contributed by atoms with Gasteiger partial charge in [-0.05, 0) is 44.0 Å². The summed E-state index contributed by atoms with van der Waals surface area (Å²) in [5, 5.41) is 3.27. The van der Waals surface area contributed by atoms with E-state index in [0.717, 1.165) is 25.9 Å². The van der Waals surface area contributed by atoms with E-state index in [-0.39, 0.29) is 28.8 Å². The summed E-state index contributed by atoms with van der Waals surface area (Å²) in [5.41, 5.74) is 0. The summed E-state index contributed by atoms with van der Waals surface area (Å²) >= 11 is 0. The molecule has 1 aliphatic heterocycles. The Morgan fingerprint density at radius 3 is 2.41 bits per heavy atom. The van der Waals surface area contributed by atoms with Crippen LogP contribution in [0.3, 0.4) is 0 Å². The molecule has 1 saturated heterocycles. The number of methoxy groups -OCH3 is 2. The first-order chi connectivity index (χ1) is 10.1. The van der Waals surface area contributed by atoms with Gasteiger partial charge in [-0.1, -0.05) is 6.07 Å². The van der Waals surface area contributed by atoms with E-state index in [1.807, 2.05) is 0 Å². The van der Waals surface area contributed by atoms with E-state index in [4.69, 9.17) is 9.47 Å². The Morgan fingerprint density at radius 1 is 1.27 bits per heavy atom. The highest BCUT2D eigenvalue weighted by Crippen LogP contribution is 2.32. The second kappa shape index (κ2) is 8.57. The summed E-state index contributed by atoms with van der Waals surface area (Å²) in [6.07, 6.45) is 2.10. The van der Waals surface area contributed by atoms with Gasteiger partial charge in [-0.15, -0.1) is 12.4 Å². The van der Waals surface area contributed by atoms with Gasteiger partial charge in [0.05, 0.1) is 14.2 Å². The Kier molecular flexibility index (Phi) is 7.41. The first kappa shape index (κ1) is 19.0. The summed E-state index contributed by atoms with van der Waals surface area (Å²) in [6, 6.07) is 4.92. The van der Waals surface area contributed by atoms with Crippen LogP contribution in [0.25, 0.3) is 0 Å². The third-order valence-electron chi connectivity index (χ3n) is 3.61. The lowest BCUT2D eigenvalue weighted by Gasteiger charge is -2.23. The van der Waals surface area contributed by atoms with Crippen molar-refractivity contribution in [2.75, 3.05) is 33.9 Å². The number of ether oxygens (including phenoxy) is 2. The predicted octanol–water partition coefficient (Wildman–Crippen LogP) is 1.40. The van der Waals surface area contributed by atoms with Crippen LogP contribution in [0.4, 0.5) is 0 Å². The minimum absolute atomic E-state index is 0. The van der Waals surface area contributed by atoms with E-state index in [2.05, 4.69) is 10.0 Å². The average molecular weight is 351 g/mol. The van der Waals surface area contributed by atoms with Crippen LogP contribution in [-0.4, -0.2) is 42.3 Å². The summed E-state index contributed by atoms with van der Waals surface area (Å²) in [5.74, 6) is 0.876. The molecule has 0 saturated carbocycles. The number of sulfonamides is 1. The van der Waals surface area contributed by atoms with Crippen LogP contribution in [0.15, 0.2) is 23.1 Å². The van der Waals surface area contributed by atoms with Gasteiger partial charge < -0.3 is 14.8 Å². The molecular weight excluding hydrogens is 328 g/mol. The second-order valence-corrected chi connectivity index (χ2v) is 6.76. The highest BCUT2D eigenvalue weighted by molar-refractivity contribution is 7.89. The molecule has 1 fully saturated rings. The lowest BCUT2D eigenvalue weighted by molar-refractivity contribution is 0.367. The van der Waals surface area contributed by atoms with Gasteiger partial charge >= 0.3 is 0 Å². The zero-order valence-electron chi connectivity index (χ0n) is 12.8. The predicted molar refractivity (Wildman–Crippen MR) is 87.6 cm³/mol. The largest absolute Gasteiger partial charge is 0.495 e. The van der Waals surface area contributed by atoms with Crippen molar-refractivity contribution in [2.24, 2.45) is 5.92 Å². The Labute approximate surface area is 138 Å². The first-order valence-electron chi connectivity index (χ1n) is 7.00. The normalized spacial score (nSPS) is 18.4. The zero-order valence-corrected chi connectivity index (χ0v) is 14.4. The molecule has 0 amide bonds. The summed E-state index contributed by atoms with van der Waals surface area (Å²) in [6.45, 7) is 2.26. The number of hydrogen-bond donors (Lipinski definition) is 2. The molecule has 126 valence electrons. The van der Waals surface area contributed by atoms with Crippen LogP contribution in [0.5, 0.6) is 11.5 Å². The number of nitrogens with one attached hydrogen (secondary N) is 2. The van der Waals surface area contributed by atoms with Crippen molar-refractivity contribution in [1.29, 1.82) is 0 Å². The highest BCUT2D eigenvalue weighted by atomic mass is 35.5. The fraction of sp³-hybridized carbons (Fsp3) is 0.571. The maximum absolute atomic E-state index is 12.5. The fourth-order valence-corrected chi connectivity index (χ4v) is 3.91.